The molecule has 0 unspecified atom stereocenters. The summed E-state index contributed by atoms with van der Waals surface area (Å²) >= 11 is 0. The first-order valence-corrected chi connectivity index (χ1v) is 6.54. The molecule has 1 heterocycles. The molecule has 21 heavy (non-hydrogen) atoms. The van der Waals surface area contributed by atoms with E-state index in [0.29, 0.717) is 12.5 Å². The quantitative estimate of drug-likeness (QED) is 0.597. The molecule has 0 spiro atoms. The molecule has 3 rings (SSSR count). The molecular weight excluding hydrogens is 266 g/mol. The molecule has 7 nitrogen and oxygen atoms in total. The largest absolute Gasteiger partial charge is 0.286 e. The Morgan fingerprint density at radius 2 is 1.67 bits per heavy atom. The maximum absolute atomic E-state index is 3.77. The minimum Gasteiger partial charge on any atom is -0.286 e. The van der Waals surface area contributed by atoms with Crippen LogP contribution in [0.15, 0.2) is 60.7 Å². The Bertz CT molecular complexity index is 640. The molecule has 106 valence electrons. The van der Waals surface area contributed by atoms with Crippen molar-refractivity contribution in [3.63, 3.8) is 0 Å². The molecule has 1 aromatic heterocycles. The van der Waals surface area contributed by atoms with Crippen LogP contribution in [0, 0.1) is 0 Å². The smallest absolute Gasteiger partial charge is 0.256 e. The van der Waals surface area contributed by atoms with Crippen molar-refractivity contribution in [2.45, 2.75) is 6.54 Å². The van der Waals surface area contributed by atoms with E-state index in [1.807, 2.05) is 53.5 Å². The molecule has 0 fully saturated rings. The number of aromatic nitrogens is 4. The van der Waals surface area contributed by atoms with Crippen LogP contribution in [0.4, 0.5) is 11.6 Å². The second-order valence-corrected chi connectivity index (χ2v) is 4.39. The maximum atomic E-state index is 3.77. The highest BCUT2D eigenvalue weighted by atomic mass is 15.7. The summed E-state index contributed by atoms with van der Waals surface area (Å²) in [5.41, 5.74) is 8.24. The lowest BCUT2D eigenvalue weighted by molar-refractivity contribution is 0.685. The first-order valence-electron chi connectivity index (χ1n) is 6.54. The lowest BCUT2D eigenvalue weighted by Crippen LogP contribution is -2.41. The van der Waals surface area contributed by atoms with Gasteiger partial charge in [-0.3, -0.25) is 10.4 Å². The Kier molecular flexibility index (Phi) is 4.04. The lowest BCUT2D eigenvalue weighted by atomic mass is 10.2. The van der Waals surface area contributed by atoms with Crippen LogP contribution in [-0.2, 0) is 6.54 Å². The summed E-state index contributed by atoms with van der Waals surface area (Å²) in [6.45, 7) is 0.694. The molecule has 2 aromatic carbocycles. The van der Waals surface area contributed by atoms with Crippen molar-refractivity contribution in [3.8, 4) is 0 Å². The van der Waals surface area contributed by atoms with Crippen LogP contribution in [0.3, 0.4) is 0 Å². The van der Waals surface area contributed by atoms with Crippen LogP contribution in [0.25, 0.3) is 0 Å². The van der Waals surface area contributed by atoms with Crippen molar-refractivity contribution in [1.82, 2.24) is 26.2 Å². The third-order valence-electron chi connectivity index (χ3n) is 2.91. The summed E-state index contributed by atoms with van der Waals surface area (Å²) < 4.78 is 0. The normalized spacial score (nSPS) is 10.3. The molecule has 7 heteroatoms. The summed E-state index contributed by atoms with van der Waals surface area (Å²) in [5.74, 6) is 0.448. The summed E-state index contributed by atoms with van der Waals surface area (Å²) in [6.07, 6.45) is 0. The zero-order valence-corrected chi connectivity index (χ0v) is 11.3. The van der Waals surface area contributed by atoms with Crippen LogP contribution in [-0.4, -0.2) is 20.6 Å². The van der Waals surface area contributed by atoms with Gasteiger partial charge in [-0.25, -0.2) is 5.10 Å². The van der Waals surface area contributed by atoms with Gasteiger partial charge in [0.2, 0.25) is 0 Å². The van der Waals surface area contributed by atoms with Crippen molar-refractivity contribution in [3.05, 3.63) is 66.2 Å². The third kappa shape index (κ3) is 3.54. The SMILES string of the molecule is c1ccc(CN(NNc2nnn[nH]2)c2ccccc2)cc1. The van der Waals surface area contributed by atoms with Crippen LogP contribution < -0.4 is 16.0 Å². The molecule has 0 atom stereocenters. The van der Waals surface area contributed by atoms with Crippen molar-refractivity contribution in [1.29, 1.82) is 0 Å². The molecule has 0 saturated heterocycles. The average molecular weight is 281 g/mol. The zero-order valence-electron chi connectivity index (χ0n) is 11.3. The van der Waals surface area contributed by atoms with Gasteiger partial charge >= 0.3 is 0 Å². The Labute approximate surface area is 121 Å². The summed E-state index contributed by atoms with van der Waals surface area (Å²) in [6, 6.07) is 20.2. The fraction of sp³-hybridized carbons (Fsp3) is 0.0714. The standard InChI is InChI=1S/C14H15N7/c1-3-7-12(8-4-1)11-21(13-9-5-2-6-10-13)20-17-14-15-18-19-16-14/h1-10,20H,11H2,(H2,15,16,17,18,19). The van der Waals surface area contributed by atoms with Gasteiger partial charge in [-0.2, -0.15) is 0 Å². The van der Waals surface area contributed by atoms with Gasteiger partial charge in [0.25, 0.3) is 5.95 Å². The van der Waals surface area contributed by atoms with Gasteiger partial charge in [-0.15, -0.1) is 5.53 Å². The van der Waals surface area contributed by atoms with Gasteiger partial charge in [0.15, 0.2) is 0 Å². The Morgan fingerprint density at radius 3 is 2.33 bits per heavy atom. The molecule has 0 saturated carbocycles. The van der Waals surface area contributed by atoms with E-state index in [-0.39, 0.29) is 0 Å². The van der Waals surface area contributed by atoms with Crippen molar-refractivity contribution in [2.24, 2.45) is 0 Å². The molecule has 0 bridgehead atoms. The molecule has 0 aliphatic carbocycles. The van der Waals surface area contributed by atoms with Crippen LogP contribution in [0.5, 0.6) is 0 Å². The Hall–Kier alpha value is -2.93. The molecular formula is C14H15N7. The highest BCUT2D eigenvalue weighted by molar-refractivity contribution is 5.46. The Morgan fingerprint density at radius 1 is 0.952 bits per heavy atom. The fourth-order valence-electron chi connectivity index (χ4n) is 1.90. The van der Waals surface area contributed by atoms with E-state index in [9.17, 15) is 0 Å². The minimum absolute atomic E-state index is 0.448. The number of tetrazole rings is 1. The predicted octanol–water partition coefficient (Wildman–Crippen LogP) is 1.74. The number of hydrazine groups is 2. The number of nitrogens with zero attached hydrogens (tertiary/aromatic N) is 4. The fourth-order valence-corrected chi connectivity index (χ4v) is 1.90. The average Bonchev–Trinajstić information content (AvgIpc) is 3.07. The van der Waals surface area contributed by atoms with Crippen molar-refractivity contribution < 1.29 is 0 Å². The monoisotopic (exact) mass is 281 g/mol. The Balaban J connectivity index is 1.74. The van der Waals surface area contributed by atoms with Gasteiger partial charge in [0.1, 0.15) is 0 Å². The van der Waals surface area contributed by atoms with Crippen LogP contribution in [0.2, 0.25) is 0 Å². The summed E-state index contributed by atoms with van der Waals surface area (Å²) in [5, 5.41) is 15.4. The van der Waals surface area contributed by atoms with E-state index in [0.717, 1.165) is 5.69 Å². The third-order valence-corrected chi connectivity index (χ3v) is 2.91. The molecule has 3 N–H and O–H groups in total. The second-order valence-electron chi connectivity index (χ2n) is 4.39. The molecule has 0 radical (unpaired) electrons. The highest BCUT2D eigenvalue weighted by Gasteiger charge is 2.07. The van der Waals surface area contributed by atoms with Crippen LogP contribution in [0.1, 0.15) is 5.56 Å². The number of rotatable bonds is 6. The van der Waals surface area contributed by atoms with E-state index >= 15 is 0 Å². The zero-order chi connectivity index (χ0) is 14.3. The summed E-state index contributed by atoms with van der Waals surface area (Å²) in [7, 11) is 0. The van der Waals surface area contributed by atoms with Crippen molar-refractivity contribution in [2.75, 3.05) is 10.4 Å². The number of nitrogens with one attached hydrogen (secondary N) is 3. The van der Waals surface area contributed by atoms with Crippen molar-refractivity contribution >= 4 is 11.6 Å². The van der Waals surface area contributed by atoms with Gasteiger partial charge in [-0.1, -0.05) is 53.6 Å². The number of hydrogen-bond acceptors (Lipinski definition) is 6. The topological polar surface area (TPSA) is 81.8 Å². The summed E-state index contributed by atoms with van der Waals surface area (Å²) in [4.78, 5) is 0. The number of hydrogen-bond donors (Lipinski definition) is 3. The molecule has 0 amide bonds. The molecule has 3 aromatic rings. The van der Waals surface area contributed by atoms with E-state index in [1.54, 1.807) is 0 Å². The van der Waals surface area contributed by atoms with Gasteiger partial charge in [-0.05, 0) is 28.1 Å². The number of aromatic amines is 1. The second kappa shape index (κ2) is 6.49. The number of anilines is 2. The number of H-pyrrole nitrogens is 1. The van der Waals surface area contributed by atoms with E-state index in [4.69, 9.17) is 0 Å². The maximum Gasteiger partial charge on any atom is 0.256 e. The van der Waals surface area contributed by atoms with Gasteiger partial charge in [0, 0.05) is 0 Å². The van der Waals surface area contributed by atoms with Gasteiger partial charge < -0.3 is 0 Å². The minimum atomic E-state index is 0.448. The predicted molar refractivity (Wildman–Crippen MR) is 80.0 cm³/mol. The number of benzene rings is 2. The molecule has 0 aliphatic heterocycles. The molecule has 0 aliphatic rings. The highest BCUT2D eigenvalue weighted by Crippen LogP contribution is 2.14. The lowest BCUT2D eigenvalue weighted by Gasteiger charge is -2.25. The first kappa shape index (κ1) is 13.1. The number of para-hydroxylation sites is 1. The first-order chi connectivity index (χ1) is 10.4. The van der Waals surface area contributed by atoms with E-state index in [1.165, 1.54) is 5.56 Å². The van der Waals surface area contributed by atoms with Crippen LogP contribution >= 0.6 is 0 Å². The van der Waals surface area contributed by atoms with E-state index in [2.05, 4.69) is 43.7 Å². The van der Waals surface area contributed by atoms with Gasteiger partial charge in [0.05, 0.1) is 12.2 Å². The van der Waals surface area contributed by atoms with E-state index < -0.39 is 0 Å².